The van der Waals surface area contributed by atoms with Gasteiger partial charge in [-0.2, -0.15) is 0 Å². The quantitative estimate of drug-likeness (QED) is 0.501. The molecular weight excluding hydrogens is 478 g/mol. The van der Waals surface area contributed by atoms with Gasteiger partial charge in [0.2, 0.25) is 21.8 Å². The lowest BCUT2D eigenvalue weighted by molar-refractivity contribution is -0.139. The second kappa shape index (κ2) is 12.1. The van der Waals surface area contributed by atoms with E-state index in [1.165, 1.54) is 11.0 Å². The molecule has 0 radical (unpaired) electrons. The number of carbonyl (C=O) groups is 2. The summed E-state index contributed by atoms with van der Waals surface area (Å²) >= 11 is 6.10. The molecule has 0 fully saturated rings. The van der Waals surface area contributed by atoms with Gasteiger partial charge in [0.25, 0.3) is 0 Å². The lowest BCUT2D eigenvalue weighted by Crippen LogP contribution is -2.51. The molecule has 0 bridgehead atoms. The van der Waals surface area contributed by atoms with Crippen LogP contribution in [0.1, 0.15) is 31.4 Å². The number of ether oxygens (including phenoxy) is 1. The Labute approximate surface area is 206 Å². The molecule has 1 N–H and O–H groups in total. The van der Waals surface area contributed by atoms with Crippen molar-refractivity contribution in [2.45, 2.75) is 39.8 Å². The minimum atomic E-state index is -3.82. The van der Waals surface area contributed by atoms with Gasteiger partial charge >= 0.3 is 0 Å². The van der Waals surface area contributed by atoms with Crippen molar-refractivity contribution >= 4 is 39.1 Å². The van der Waals surface area contributed by atoms with E-state index in [4.69, 9.17) is 16.3 Å². The Morgan fingerprint density at radius 2 is 1.88 bits per heavy atom. The molecule has 0 aromatic heterocycles. The van der Waals surface area contributed by atoms with Crippen molar-refractivity contribution in [2.24, 2.45) is 0 Å². The molecule has 0 aliphatic rings. The molecule has 2 aromatic carbocycles. The third kappa shape index (κ3) is 7.36. The maximum absolute atomic E-state index is 13.5. The SMILES string of the molecule is CCCNC(=O)[C@@H](C)N(Cc1cccc(OC)c1)C(=O)CN(c1cc(Cl)ccc1C)S(C)(=O)=O. The van der Waals surface area contributed by atoms with Crippen molar-refractivity contribution in [3.63, 3.8) is 0 Å². The smallest absolute Gasteiger partial charge is 0.244 e. The van der Waals surface area contributed by atoms with E-state index in [1.54, 1.807) is 51.3 Å². The molecule has 0 saturated carbocycles. The molecule has 2 rings (SSSR count). The summed E-state index contributed by atoms with van der Waals surface area (Å²) in [5.74, 6) is -0.227. The monoisotopic (exact) mass is 509 g/mol. The van der Waals surface area contributed by atoms with Gasteiger partial charge < -0.3 is 15.0 Å². The van der Waals surface area contributed by atoms with Gasteiger partial charge in [-0.1, -0.05) is 36.7 Å². The minimum absolute atomic E-state index is 0.100. The van der Waals surface area contributed by atoms with E-state index in [-0.39, 0.29) is 12.5 Å². The Balaban J connectivity index is 2.43. The number of halogens is 1. The van der Waals surface area contributed by atoms with Crippen molar-refractivity contribution in [3.8, 4) is 5.75 Å². The molecule has 0 heterocycles. The Kier molecular flexibility index (Phi) is 9.76. The van der Waals surface area contributed by atoms with E-state index in [2.05, 4.69) is 5.32 Å². The number of amides is 2. The zero-order valence-corrected chi connectivity index (χ0v) is 21.7. The van der Waals surface area contributed by atoms with Gasteiger partial charge in [0.1, 0.15) is 18.3 Å². The first kappa shape index (κ1) is 27.5. The van der Waals surface area contributed by atoms with Crippen LogP contribution in [-0.4, -0.2) is 57.6 Å². The summed E-state index contributed by atoms with van der Waals surface area (Å²) in [5.41, 5.74) is 1.70. The third-order valence-electron chi connectivity index (χ3n) is 5.32. The van der Waals surface area contributed by atoms with Crippen LogP contribution in [0, 0.1) is 6.92 Å². The van der Waals surface area contributed by atoms with Crippen LogP contribution in [0.25, 0.3) is 0 Å². The number of hydrogen-bond donors (Lipinski definition) is 1. The lowest BCUT2D eigenvalue weighted by atomic mass is 10.1. The summed E-state index contributed by atoms with van der Waals surface area (Å²) in [5, 5.41) is 3.15. The van der Waals surface area contributed by atoms with Crippen LogP contribution >= 0.6 is 11.6 Å². The van der Waals surface area contributed by atoms with Crippen molar-refractivity contribution in [2.75, 3.05) is 30.8 Å². The summed E-state index contributed by atoms with van der Waals surface area (Å²) in [6, 6.07) is 11.2. The Hall–Kier alpha value is -2.78. The van der Waals surface area contributed by atoms with Crippen molar-refractivity contribution < 1.29 is 22.7 Å². The summed E-state index contributed by atoms with van der Waals surface area (Å²) in [6.45, 7) is 5.39. The highest BCUT2D eigenvalue weighted by atomic mass is 35.5. The molecule has 0 aliphatic carbocycles. The molecular formula is C24H32ClN3O5S. The topological polar surface area (TPSA) is 96.0 Å². The van der Waals surface area contributed by atoms with Crippen LogP contribution in [0.4, 0.5) is 5.69 Å². The highest BCUT2D eigenvalue weighted by Crippen LogP contribution is 2.27. The fourth-order valence-corrected chi connectivity index (χ4v) is 4.46. The first-order chi connectivity index (χ1) is 16.0. The van der Waals surface area contributed by atoms with Gasteiger partial charge in [-0.15, -0.1) is 0 Å². The second-order valence-corrected chi connectivity index (χ2v) is 10.4. The number of benzene rings is 2. The van der Waals surface area contributed by atoms with Crippen molar-refractivity contribution in [3.05, 3.63) is 58.6 Å². The van der Waals surface area contributed by atoms with Gasteiger partial charge in [0.05, 0.1) is 19.1 Å². The van der Waals surface area contributed by atoms with Crippen molar-refractivity contribution in [1.82, 2.24) is 10.2 Å². The highest BCUT2D eigenvalue weighted by Gasteiger charge is 2.30. The number of carbonyl (C=O) groups excluding carboxylic acids is 2. The predicted molar refractivity (Wildman–Crippen MR) is 135 cm³/mol. The highest BCUT2D eigenvalue weighted by molar-refractivity contribution is 7.92. The fraction of sp³-hybridized carbons (Fsp3) is 0.417. The van der Waals surface area contributed by atoms with E-state index < -0.39 is 28.5 Å². The molecule has 2 amide bonds. The number of anilines is 1. The average molecular weight is 510 g/mol. The zero-order valence-electron chi connectivity index (χ0n) is 20.2. The number of nitrogens with zero attached hydrogens (tertiary/aromatic N) is 2. The first-order valence-corrected chi connectivity index (χ1v) is 13.1. The molecule has 10 heteroatoms. The van der Waals surface area contributed by atoms with Crippen LogP contribution in [-0.2, 0) is 26.2 Å². The standard InChI is InChI=1S/C24H32ClN3O5S/c1-6-12-26-24(30)18(3)27(15-19-8-7-9-21(13-19)33-4)23(29)16-28(34(5,31)32)22-14-20(25)11-10-17(22)2/h7-11,13-14,18H,6,12,15-16H2,1-5H3,(H,26,30)/t18-/m1/s1. The lowest BCUT2D eigenvalue weighted by Gasteiger charge is -2.32. The van der Waals surface area contributed by atoms with Crippen LogP contribution in [0.2, 0.25) is 5.02 Å². The summed E-state index contributed by atoms with van der Waals surface area (Å²) in [7, 11) is -2.28. The Morgan fingerprint density at radius 1 is 1.18 bits per heavy atom. The summed E-state index contributed by atoms with van der Waals surface area (Å²) < 4.78 is 31.6. The molecule has 0 spiro atoms. The maximum atomic E-state index is 13.5. The van der Waals surface area contributed by atoms with Gasteiger partial charge in [-0.25, -0.2) is 8.42 Å². The van der Waals surface area contributed by atoms with E-state index in [9.17, 15) is 18.0 Å². The molecule has 0 saturated heterocycles. The Bertz CT molecular complexity index is 1120. The number of rotatable bonds is 11. The van der Waals surface area contributed by atoms with E-state index in [1.807, 2.05) is 13.0 Å². The molecule has 0 unspecified atom stereocenters. The molecule has 2 aromatic rings. The van der Waals surface area contributed by atoms with Crippen LogP contribution < -0.4 is 14.4 Å². The average Bonchev–Trinajstić information content (AvgIpc) is 2.79. The number of sulfonamides is 1. The number of hydrogen-bond acceptors (Lipinski definition) is 5. The van der Waals surface area contributed by atoms with E-state index >= 15 is 0 Å². The fourth-order valence-electron chi connectivity index (χ4n) is 3.39. The molecule has 1 atom stereocenters. The second-order valence-electron chi connectivity index (χ2n) is 8.04. The summed E-state index contributed by atoms with van der Waals surface area (Å²) in [4.78, 5) is 27.6. The van der Waals surface area contributed by atoms with Crippen LogP contribution in [0.3, 0.4) is 0 Å². The van der Waals surface area contributed by atoms with Crippen LogP contribution in [0.15, 0.2) is 42.5 Å². The number of nitrogens with one attached hydrogen (secondary N) is 1. The van der Waals surface area contributed by atoms with Crippen LogP contribution in [0.5, 0.6) is 5.75 Å². The summed E-state index contributed by atoms with van der Waals surface area (Å²) in [6.07, 6.45) is 1.78. The zero-order chi connectivity index (χ0) is 25.5. The third-order valence-corrected chi connectivity index (χ3v) is 6.68. The molecule has 186 valence electrons. The largest absolute Gasteiger partial charge is 0.497 e. The van der Waals surface area contributed by atoms with Gasteiger partial charge in [-0.3, -0.25) is 13.9 Å². The minimum Gasteiger partial charge on any atom is -0.497 e. The Morgan fingerprint density at radius 3 is 2.50 bits per heavy atom. The first-order valence-electron chi connectivity index (χ1n) is 10.9. The molecule has 0 aliphatic heterocycles. The maximum Gasteiger partial charge on any atom is 0.244 e. The molecule has 34 heavy (non-hydrogen) atoms. The van der Waals surface area contributed by atoms with E-state index in [0.717, 1.165) is 22.5 Å². The predicted octanol–water partition coefficient (Wildman–Crippen LogP) is 3.37. The van der Waals surface area contributed by atoms with Gasteiger partial charge in [-0.05, 0) is 55.7 Å². The molecule has 8 nitrogen and oxygen atoms in total. The van der Waals surface area contributed by atoms with Crippen molar-refractivity contribution in [1.29, 1.82) is 0 Å². The number of methoxy groups -OCH3 is 1. The number of aryl methyl sites for hydroxylation is 1. The normalized spacial score (nSPS) is 12.1. The van der Waals surface area contributed by atoms with Gasteiger partial charge in [0.15, 0.2) is 0 Å². The van der Waals surface area contributed by atoms with E-state index in [0.29, 0.717) is 28.6 Å². The van der Waals surface area contributed by atoms with Gasteiger partial charge in [0, 0.05) is 18.1 Å².